The maximum absolute atomic E-state index is 12.6. The molecule has 1 heterocycles. The summed E-state index contributed by atoms with van der Waals surface area (Å²) in [7, 11) is -3.54. The second kappa shape index (κ2) is 7.71. The van der Waals surface area contributed by atoms with Crippen LogP contribution in [0, 0.1) is 5.92 Å². The van der Waals surface area contributed by atoms with E-state index >= 15 is 0 Å². The minimum absolute atomic E-state index is 0.0272. The molecule has 2 N–H and O–H groups in total. The van der Waals surface area contributed by atoms with E-state index in [0.29, 0.717) is 32.4 Å². The summed E-state index contributed by atoms with van der Waals surface area (Å²) in [6.45, 7) is 1.09. The average molecular weight is 326 g/mol. The first-order valence-corrected chi connectivity index (χ1v) is 8.93. The van der Waals surface area contributed by atoms with Gasteiger partial charge >= 0.3 is 0 Å². The van der Waals surface area contributed by atoms with Crippen LogP contribution in [0.4, 0.5) is 0 Å². The van der Waals surface area contributed by atoms with Crippen molar-refractivity contribution >= 4 is 15.9 Å². The van der Waals surface area contributed by atoms with Crippen LogP contribution in [0.15, 0.2) is 35.2 Å². The van der Waals surface area contributed by atoms with Gasteiger partial charge in [-0.15, -0.1) is 0 Å². The number of nitrogens with zero attached hydrogens (tertiary/aromatic N) is 1. The summed E-state index contributed by atoms with van der Waals surface area (Å²) in [5, 5.41) is 11.5. The van der Waals surface area contributed by atoms with Crippen LogP contribution in [0.1, 0.15) is 19.3 Å². The molecule has 0 saturated carbocycles. The first-order valence-electron chi connectivity index (χ1n) is 7.49. The molecule has 1 saturated heterocycles. The molecule has 0 aromatic heterocycles. The highest BCUT2D eigenvalue weighted by Crippen LogP contribution is 2.23. The van der Waals surface area contributed by atoms with Gasteiger partial charge in [0, 0.05) is 26.2 Å². The maximum Gasteiger partial charge on any atom is 0.243 e. The van der Waals surface area contributed by atoms with E-state index in [9.17, 15) is 13.2 Å². The van der Waals surface area contributed by atoms with Crippen LogP contribution >= 0.6 is 0 Å². The largest absolute Gasteiger partial charge is 0.396 e. The van der Waals surface area contributed by atoms with Crippen LogP contribution in [0.2, 0.25) is 0 Å². The summed E-state index contributed by atoms with van der Waals surface area (Å²) in [4.78, 5) is 12.3. The van der Waals surface area contributed by atoms with Gasteiger partial charge < -0.3 is 10.4 Å². The minimum atomic E-state index is -3.54. The zero-order chi connectivity index (χ0) is 16.0. The topological polar surface area (TPSA) is 86.7 Å². The zero-order valence-electron chi connectivity index (χ0n) is 12.4. The molecule has 1 aromatic rings. The molecule has 122 valence electrons. The molecular formula is C15H22N2O4S. The van der Waals surface area contributed by atoms with E-state index in [4.69, 9.17) is 5.11 Å². The number of hydrogen-bond donors (Lipinski definition) is 2. The third-order valence-corrected chi connectivity index (χ3v) is 5.65. The molecule has 0 bridgehead atoms. The second-order valence-corrected chi connectivity index (χ2v) is 7.32. The molecule has 1 unspecified atom stereocenters. The number of benzene rings is 1. The summed E-state index contributed by atoms with van der Waals surface area (Å²) in [5.74, 6) is -0.465. The van der Waals surface area contributed by atoms with E-state index < -0.39 is 10.0 Å². The van der Waals surface area contributed by atoms with Crippen molar-refractivity contribution in [3.05, 3.63) is 30.3 Å². The number of aliphatic hydroxyl groups excluding tert-OH is 1. The lowest BCUT2D eigenvalue weighted by Crippen LogP contribution is -2.45. The zero-order valence-corrected chi connectivity index (χ0v) is 13.3. The molecule has 1 aromatic carbocycles. The first-order chi connectivity index (χ1) is 10.6. The molecule has 0 radical (unpaired) electrons. The molecular weight excluding hydrogens is 304 g/mol. The van der Waals surface area contributed by atoms with E-state index in [2.05, 4.69) is 5.32 Å². The second-order valence-electron chi connectivity index (χ2n) is 5.38. The van der Waals surface area contributed by atoms with E-state index in [1.807, 2.05) is 0 Å². The van der Waals surface area contributed by atoms with Crippen LogP contribution < -0.4 is 5.32 Å². The van der Waals surface area contributed by atoms with Gasteiger partial charge in [0.25, 0.3) is 0 Å². The van der Waals surface area contributed by atoms with E-state index in [-0.39, 0.29) is 29.9 Å². The molecule has 0 aliphatic carbocycles. The number of hydrogen-bond acceptors (Lipinski definition) is 4. The van der Waals surface area contributed by atoms with Gasteiger partial charge in [0.2, 0.25) is 15.9 Å². The van der Waals surface area contributed by atoms with Gasteiger partial charge in [-0.2, -0.15) is 4.31 Å². The fraction of sp³-hybridized carbons (Fsp3) is 0.533. The molecule has 2 rings (SSSR count). The lowest BCUT2D eigenvalue weighted by Gasteiger charge is -2.31. The quantitative estimate of drug-likeness (QED) is 0.749. The van der Waals surface area contributed by atoms with Gasteiger partial charge in [0.15, 0.2) is 0 Å². The Labute approximate surface area is 131 Å². The molecule has 7 heteroatoms. The predicted octanol–water partition coefficient (Wildman–Crippen LogP) is 0.586. The van der Waals surface area contributed by atoms with Gasteiger partial charge in [0.05, 0.1) is 10.8 Å². The summed E-state index contributed by atoms with van der Waals surface area (Å²) < 4.78 is 26.5. The van der Waals surface area contributed by atoms with Crippen LogP contribution in [0.3, 0.4) is 0 Å². The Morgan fingerprint density at radius 2 is 2.05 bits per heavy atom. The van der Waals surface area contributed by atoms with Crippen molar-refractivity contribution in [2.45, 2.75) is 24.2 Å². The van der Waals surface area contributed by atoms with E-state index in [1.165, 1.54) is 4.31 Å². The first kappa shape index (κ1) is 16.9. The van der Waals surface area contributed by atoms with E-state index in [0.717, 1.165) is 0 Å². The Hall–Kier alpha value is -1.44. The van der Waals surface area contributed by atoms with Crippen LogP contribution in [-0.2, 0) is 14.8 Å². The van der Waals surface area contributed by atoms with Gasteiger partial charge in [-0.1, -0.05) is 18.2 Å². The molecule has 6 nitrogen and oxygen atoms in total. The minimum Gasteiger partial charge on any atom is -0.396 e. The molecule has 1 aliphatic heterocycles. The number of rotatable bonds is 6. The molecule has 1 fully saturated rings. The van der Waals surface area contributed by atoms with Crippen LogP contribution in [-0.4, -0.2) is 50.0 Å². The van der Waals surface area contributed by atoms with E-state index in [1.54, 1.807) is 30.3 Å². The fourth-order valence-corrected chi connectivity index (χ4v) is 4.10. The summed E-state index contributed by atoms with van der Waals surface area (Å²) in [6, 6.07) is 8.29. The normalized spacial score (nSPS) is 19.8. The van der Waals surface area contributed by atoms with Crippen molar-refractivity contribution in [2.24, 2.45) is 5.92 Å². The Morgan fingerprint density at radius 3 is 2.73 bits per heavy atom. The Morgan fingerprint density at radius 1 is 1.32 bits per heavy atom. The molecule has 1 amide bonds. The van der Waals surface area contributed by atoms with Crippen LogP contribution in [0.25, 0.3) is 0 Å². The molecule has 1 atom stereocenters. The highest BCUT2D eigenvalue weighted by Gasteiger charge is 2.32. The van der Waals surface area contributed by atoms with Gasteiger partial charge in [-0.05, 0) is 31.4 Å². The van der Waals surface area contributed by atoms with Crippen molar-refractivity contribution in [3.8, 4) is 0 Å². The fourth-order valence-electron chi connectivity index (χ4n) is 2.55. The number of sulfonamides is 1. The lowest BCUT2D eigenvalue weighted by molar-refractivity contribution is -0.126. The summed E-state index contributed by atoms with van der Waals surface area (Å²) in [5.41, 5.74) is 0. The summed E-state index contributed by atoms with van der Waals surface area (Å²) in [6.07, 6.45) is 1.86. The Bertz CT molecular complexity index is 589. The lowest BCUT2D eigenvalue weighted by atomic mass is 9.99. The van der Waals surface area contributed by atoms with Gasteiger partial charge in [-0.3, -0.25) is 4.79 Å². The SMILES string of the molecule is O=C(NCCCO)C1CCCN(S(=O)(=O)c2ccccc2)C1. The molecule has 22 heavy (non-hydrogen) atoms. The van der Waals surface area contributed by atoms with Crippen molar-refractivity contribution in [3.63, 3.8) is 0 Å². The number of carbonyl (C=O) groups excluding carboxylic acids is 1. The maximum atomic E-state index is 12.6. The smallest absolute Gasteiger partial charge is 0.243 e. The number of amides is 1. The average Bonchev–Trinajstić information content (AvgIpc) is 2.56. The van der Waals surface area contributed by atoms with Crippen molar-refractivity contribution in [1.29, 1.82) is 0 Å². The molecule has 1 aliphatic rings. The predicted molar refractivity (Wildman–Crippen MR) is 82.6 cm³/mol. The third kappa shape index (κ3) is 4.06. The standard InChI is InChI=1S/C15H22N2O4S/c18-11-5-9-16-15(19)13-6-4-10-17(12-13)22(20,21)14-7-2-1-3-8-14/h1-3,7-8,13,18H,4-6,9-12H2,(H,16,19). The molecule has 0 spiro atoms. The monoisotopic (exact) mass is 326 g/mol. The van der Waals surface area contributed by atoms with Crippen molar-refractivity contribution in [2.75, 3.05) is 26.2 Å². The highest BCUT2D eigenvalue weighted by atomic mass is 32.2. The van der Waals surface area contributed by atoms with Gasteiger partial charge in [0.1, 0.15) is 0 Å². The number of carbonyl (C=O) groups is 1. The number of piperidine rings is 1. The van der Waals surface area contributed by atoms with Gasteiger partial charge in [-0.25, -0.2) is 8.42 Å². The van der Waals surface area contributed by atoms with Crippen molar-refractivity contribution in [1.82, 2.24) is 9.62 Å². The van der Waals surface area contributed by atoms with Crippen LogP contribution in [0.5, 0.6) is 0 Å². The number of aliphatic hydroxyl groups is 1. The Balaban J connectivity index is 2.03. The van der Waals surface area contributed by atoms with Crippen molar-refractivity contribution < 1.29 is 18.3 Å². The third-order valence-electron chi connectivity index (χ3n) is 3.77. The summed E-state index contributed by atoms with van der Waals surface area (Å²) >= 11 is 0. The highest BCUT2D eigenvalue weighted by molar-refractivity contribution is 7.89. The Kier molecular flexibility index (Phi) is 5.93. The number of nitrogens with one attached hydrogen (secondary N) is 1.